The van der Waals surface area contributed by atoms with Crippen LogP contribution in [0.2, 0.25) is 0 Å². The molecule has 0 amide bonds. The van der Waals surface area contributed by atoms with Crippen molar-refractivity contribution in [1.82, 2.24) is 0 Å². The van der Waals surface area contributed by atoms with Gasteiger partial charge in [-0.25, -0.2) is 0 Å². The van der Waals surface area contributed by atoms with Crippen LogP contribution in [0.25, 0.3) is 0 Å². The summed E-state index contributed by atoms with van der Waals surface area (Å²) in [6.07, 6.45) is 2.04. The van der Waals surface area contributed by atoms with Crippen molar-refractivity contribution in [2.75, 3.05) is 6.61 Å². The van der Waals surface area contributed by atoms with Crippen molar-refractivity contribution in [3.63, 3.8) is 0 Å². The minimum atomic E-state index is 0. The van der Waals surface area contributed by atoms with Gasteiger partial charge in [0.1, 0.15) is 0 Å². The van der Waals surface area contributed by atoms with Crippen LogP contribution < -0.4 is 0 Å². The van der Waals surface area contributed by atoms with Crippen LogP contribution in [-0.4, -0.2) is 11.7 Å². The van der Waals surface area contributed by atoms with Crippen molar-refractivity contribution >= 4 is 0 Å². The number of rotatable bonds is 2. The predicted octanol–water partition coefficient (Wildman–Crippen LogP) is 0.929. The van der Waals surface area contributed by atoms with E-state index >= 15 is 0 Å². The summed E-state index contributed by atoms with van der Waals surface area (Å²) in [4.78, 5) is 0. The van der Waals surface area contributed by atoms with E-state index < -0.39 is 0 Å². The molecule has 0 aromatic rings. The number of hydrogen-bond donors (Lipinski definition) is 1. The molecule has 0 aliphatic rings. The predicted molar refractivity (Wildman–Crippen MR) is 24.5 cm³/mol. The van der Waals surface area contributed by atoms with Gasteiger partial charge in [0.15, 0.2) is 0 Å². The Morgan fingerprint density at radius 3 is 1.86 bits per heavy atom. The molecule has 0 unspecified atom stereocenters. The molecule has 3 heteroatoms. The molecule has 0 atom stereocenters. The number of unbranched alkanes of at least 4 members (excludes halogenated alkanes) is 1. The molecule has 0 fully saturated rings. The quantitative estimate of drug-likeness (QED) is 0.584. The maximum absolute atomic E-state index is 8.07. The van der Waals surface area contributed by atoms with Gasteiger partial charge in [0.2, 0.25) is 0 Å². The first-order valence-corrected chi connectivity index (χ1v) is 2.02. The number of aliphatic hydroxyl groups excluding tert-OH is 1. The van der Waals surface area contributed by atoms with Gasteiger partial charge in [0.25, 0.3) is 0 Å². The van der Waals surface area contributed by atoms with Crippen molar-refractivity contribution in [3.05, 3.63) is 0 Å². The van der Waals surface area contributed by atoms with E-state index in [0.717, 1.165) is 12.8 Å². The first-order valence-electron chi connectivity index (χ1n) is 2.02. The van der Waals surface area contributed by atoms with Crippen LogP contribution in [0.4, 0.5) is 4.70 Å². The Hall–Kier alpha value is 0.384. The first kappa shape index (κ1) is 15.7. The molecule has 0 rings (SSSR count). The summed E-state index contributed by atoms with van der Waals surface area (Å²) in [7, 11) is 0. The molecular weight excluding hydrogens is 142 g/mol. The fraction of sp³-hybridized carbons (Fsp3) is 1.00. The zero-order chi connectivity index (χ0) is 4.12. The molecular formula is C4H11FNiO. The van der Waals surface area contributed by atoms with Gasteiger partial charge in [0, 0.05) is 23.1 Å². The van der Waals surface area contributed by atoms with Crippen molar-refractivity contribution in [3.8, 4) is 0 Å². The molecule has 0 aliphatic carbocycles. The average Bonchev–Trinajstić information content (AvgIpc) is 1.41. The van der Waals surface area contributed by atoms with E-state index in [9.17, 15) is 0 Å². The van der Waals surface area contributed by atoms with Gasteiger partial charge in [-0.2, -0.15) is 0 Å². The summed E-state index contributed by atoms with van der Waals surface area (Å²) < 4.78 is 0. The Morgan fingerprint density at radius 2 is 1.86 bits per heavy atom. The van der Waals surface area contributed by atoms with Gasteiger partial charge in [-0.05, 0) is 6.42 Å². The summed E-state index contributed by atoms with van der Waals surface area (Å²) in [5.41, 5.74) is 0. The second-order valence-corrected chi connectivity index (χ2v) is 1.08. The number of halogens is 1. The molecule has 0 aromatic heterocycles. The van der Waals surface area contributed by atoms with Gasteiger partial charge < -0.3 is 5.11 Å². The zero-order valence-corrected chi connectivity index (χ0v) is 5.28. The SMILES string of the molecule is CCCCO.F.[Ni]. The Balaban J connectivity index is -0.0000000800. The second-order valence-electron chi connectivity index (χ2n) is 1.08. The summed E-state index contributed by atoms with van der Waals surface area (Å²) >= 11 is 0. The van der Waals surface area contributed by atoms with Crippen LogP contribution in [-0.2, 0) is 16.5 Å². The third-order valence-electron chi connectivity index (χ3n) is 0.512. The van der Waals surface area contributed by atoms with E-state index in [0.29, 0.717) is 6.61 Å². The maximum Gasteiger partial charge on any atom is 0.0430 e. The topological polar surface area (TPSA) is 20.2 Å². The van der Waals surface area contributed by atoms with E-state index in [2.05, 4.69) is 6.92 Å². The monoisotopic (exact) mass is 152 g/mol. The van der Waals surface area contributed by atoms with Gasteiger partial charge in [-0.1, -0.05) is 13.3 Å². The third kappa shape index (κ3) is 21.6. The summed E-state index contributed by atoms with van der Waals surface area (Å²) in [6.45, 7) is 2.40. The van der Waals surface area contributed by atoms with E-state index in [1.807, 2.05) is 0 Å². The smallest absolute Gasteiger partial charge is 0.0430 e. The van der Waals surface area contributed by atoms with Crippen LogP contribution >= 0.6 is 0 Å². The fourth-order valence-corrected chi connectivity index (χ4v) is 0.158. The standard InChI is InChI=1S/C4H10O.FH.Ni/c1-2-3-4-5;;/h5H,2-4H2,1H3;1H;. The number of aliphatic hydroxyl groups is 1. The van der Waals surface area contributed by atoms with Crippen molar-refractivity contribution < 1.29 is 26.3 Å². The largest absolute Gasteiger partial charge is 0.396 e. The van der Waals surface area contributed by atoms with Crippen molar-refractivity contribution in [1.29, 1.82) is 0 Å². The van der Waals surface area contributed by atoms with Crippen LogP contribution in [0.5, 0.6) is 0 Å². The van der Waals surface area contributed by atoms with Crippen molar-refractivity contribution in [2.45, 2.75) is 19.8 Å². The molecule has 7 heavy (non-hydrogen) atoms. The van der Waals surface area contributed by atoms with Crippen LogP contribution in [0, 0.1) is 0 Å². The van der Waals surface area contributed by atoms with E-state index in [4.69, 9.17) is 5.11 Å². The summed E-state index contributed by atoms with van der Waals surface area (Å²) in [5.74, 6) is 0. The molecule has 0 aromatic carbocycles. The molecule has 0 spiro atoms. The minimum absolute atomic E-state index is 0. The first-order chi connectivity index (χ1) is 2.41. The zero-order valence-electron chi connectivity index (χ0n) is 4.29. The second kappa shape index (κ2) is 16.2. The van der Waals surface area contributed by atoms with Crippen molar-refractivity contribution in [2.24, 2.45) is 0 Å². The van der Waals surface area contributed by atoms with Crippen LogP contribution in [0.3, 0.4) is 0 Å². The van der Waals surface area contributed by atoms with Gasteiger partial charge in [-0.15, -0.1) is 0 Å². The Bertz CT molecular complexity index is 19.2. The molecule has 0 saturated heterocycles. The van der Waals surface area contributed by atoms with Crippen LogP contribution in [0.1, 0.15) is 19.8 Å². The number of hydrogen-bond acceptors (Lipinski definition) is 1. The average molecular weight is 153 g/mol. The third-order valence-corrected chi connectivity index (χ3v) is 0.512. The summed E-state index contributed by atoms with van der Waals surface area (Å²) in [6, 6.07) is 0. The molecule has 1 N–H and O–H groups in total. The molecule has 0 heterocycles. The fourth-order valence-electron chi connectivity index (χ4n) is 0.158. The van der Waals surface area contributed by atoms with E-state index in [-0.39, 0.29) is 21.2 Å². The molecule has 1 nitrogen and oxygen atoms in total. The molecule has 50 valence electrons. The normalized spacial score (nSPS) is 6.00. The minimum Gasteiger partial charge on any atom is -0.396 e. The van der Waals surface area contributed by atoms with Crippen LogP contribution in [0.15, 0.2) is 0 Å². The molecule has 0 radical (unpaired) electrons. The Kier molecular flexibility index (Phi) is 36.1. The van der Waals surface area contributed by atoms with E-state index in [1.54, 1.807) is 0 Å². The summed E-state index contributed by atoms with van der Waals surface area (Å²) in [5, 5.41) is 8.07. The van der Waals surface area contributed by atoms with E-state index in [1.165, 1.54) is 0 Å². The molecule has 0 aliphatic heterocycles. The van der Waals surface area contributed by atoms with Gasteiger partial charge in [-0.3, -0.25) is 4.70 Å². The molecule has 0 bridgehead atoms. The van der Waals surface area contributed by atoms with Gasteiger partial charge >= 0.3 is 0 Å². The Labute approximate surface area is 53.4 Å². The Morgan fingerprint density at radius 1 is 1.43 bits per heavy atom. The maximum atomic E-state index is 8.07. The van der Waals surface area contributed by atoms with Gasteiger partial charge in [0.05, 0.1) is 0 Å². The molecule has 0 saturated carbocycles.